The number of amides is 2. The Kier molecular flexibility index (Phi) is 4.11. The van der Waals surface area contributed by atoms with Gasteiger partial charge in [-0.05, 0) is 31.9 Å². The number of nitrogens with one attached hydrogen (secondary N) is 2. The maximum absolute atomic E-state index is 12.3. The summed E-state index contributed by atoms with van der Waals surface area (Å²) < 4.78 is 6.93. The van der Waals surface area contributed by atoms with Crippen molar-refractivity contribution in [3.05, 3.63) is 42.2 Å². The van der Waals surface area contributed by atoms with Crippen LogP contribution in [-0.4, -0.2) is 30.9 Å². The number of carbonyl (C=O) groups excluding carboxylic acids is 1. The van der Waals surface area contributed by atoms with Crippen molar-refractivity contribution in [2.24, 2.45) is 7.05 Å². The first-order valence-corrected chi connectivity index (χ1v) is 8.45. The number of aromatic nitrogens is 5. The molecule has 1 fully saturated rings. The van der Waals surface area contributed by atoms with Crippen LogP contribution in [0.1, 0.15) is 43.3 Å². The van der Waals surface area contributed by atoms with Crippen molar-refractivity contribution < 1.29 is 9.32 Å². The Morgan fingerprint density at radius 3 is 2.85 bits per heavy atom. The van der Waals surface area contributed by atoms with Crippen molar-refractivity contribution >= 4 is 11.8 Å². The lowest BCUT2D eigenvalue weighted by Crippen LogP contribution is -2.32. The molecular formula is C17H19N7O2. The molecule has 0 bridgehead atoms. The SMILES string of the molecule is C[C@H](NC(=O)Nc1cc(C2CC2)nn1C)c1nc(-c2ccncc2)no1. The van der Waals surface area contributed by atoms with Crippen LogP contribution in [0.4, 0.5) is 10.6 Å². The maximum Gasteiger partial charge on any atom is 0.321 e. The van der Waals surface area contributed by atoms with Crippen molar-refractivity contribution in [1.29, 1.82) is 0 Å². The minimum atomic E-state index is -0.436. The monoisotopic (exact) mass is 353 g/mol. The van der Waals surface area contributed by atoms with Crippen molar-refractivity contribution in [3.63, 3.8) is 0 Å². The summed E-state index contributed by atoms with van der Waals surface area (Å²) in [4.78, 5) is 20.5. The van der Waals surface area contributed by atoms with Gasteiger partial charge in [-0.1, -0.05) is 5.16 Å². The Morgan fingerprint density at radius 1 is 1.35 bits per heavy atom. The summed E-state index contributed by atoms with van der Waals surface area (Å²) in [5.74, 6) is 1.97. The van der Waals surface area contributed by atoms with Gasteiger partial charge in [0.1, 0.15) is 11.9 Å². The smallest absolute Gasteiger partial charge is 0.321 e. The predicted octanol–water partition coefficient (Wildman–Crippen LogP) is 2.63. The molecule has 3 aromatic rings. The standard InChI is InChI=1S/C17H19N7O2/c1-10(16-21-15(23-26-16)12-5-7-18-8-6-12)19-17(25)20-14-9-13(11-3-4-11)22-24(14)2/h5-11H,3-4H2,1-2H3,(H2,19,20,25)/t10-/m0/s1. The van der Waals surface area contributed by atoms with Gasteiger partial charge in [-0.3, -0.25) is 15.0 Å². The normalized spacial score (nSPS) is 14.8. The first kappa shape index (κ1) is 16.2. The highest BCUT2D eigenvalue weighted by Crippen LogP contribution is 2.39. The molecule has 9 nitrogen and oxygen atoms in total. The molecule has 1 saturated carbocycles. The number of nitrogens with zero attached hydrogens (tertiary/aromatic N) is 5. The summed E-state index contributed by atoms with van der Waals surface area (Å²) in [5, 5.41) is 14.0. The number of hydrogen-bond acceptors (Lipinski definition) is 6. The van der Waals surface area contributed by atoms with E-state index in [1.54, 1.807) is 36.1 Å². The van der Waals surface area contributed by atoms with E-state index >= 15 is 0 Å². The van der Waals surface area contributed by atoms with Crippen LogP contribution in [-0.2, 0) is 7.05 Å². The van der Waals surface area contributed by atoms with Crippen molar-refractivity contribution in [2.75, 3.05) is 5.32 Å². The number of hydrogen-bond donors (Lipinski definition) is 2. The second kappa shape index (κ2) is 6.58. The van der Waals surface area contributed by atoms with Gasteiger partial charge in [0.05, 0.1) is 5.69 Å². The molecule has 0 aromatic carbocycles. The number of carbonyl (C=O) groups is 1. The maximum atomic E-state index is 12.3. The number of rotatable bonds is 5. The van der Waals surface area contributed by atoms with E-state index in [-0.39, 0.29) is 6.03 Å². The zero-order valence-corrected chi connectivity index (χ0v) is 14.5. The van der Waals surface area contributed by atoms with Gasteiger partial charge in [-0.25, -0.2) is 4.79 Å². The fraction of sp³-hybridized carbons (Fsp3) is 0.353. The number of urea groups is 1. The third kappa shape index (κ3) is 3.41. The van der Waals surface area contributed by atoms with Crippen LogP contribution in [0.5, 0.6) is 0 Å². The second-order valence-electron chi connectivity index (χ2n) is 6.36. The molecule has 2 amide bonds. The van der Waals surface area contributed by atoms with E-state index < -0.39 is 6.04 Å². The van der Waals surface area contributed by atoms with Crippen molar-refractivity contribution in [1.82, 2.24) is 30.2 Å². The molecule has 1 atom stereocenters. The van der Waals surface area contributed by atoms with Crippen molar-refractivity contribution in [3.8, 4) is 11.4 Å². The Balaban J connectivity index is 1.39. The quantitative estimate of drug-likeness (QED) is 0.729. The van der Waals surface area contributed by atoms with Gasteiger partial charge in [0.25, 0.3) is 0 Å². The average Bonchev–Trinajstić information content (AvgIpc) is 3.25. The first-order chi connectivity index (χ1) is 12.6. The zero-order valence-electron chi connectivity index (χ0n) is 14.5. The first-order valence-electron chi connectivity index (χ1n) is 8.45. The number of pyridine rings is 1. The summed E-state index contributed by atoms with van der Waals surface area (Å²) >= 11 is 0. The molecule has 3 aromatic heterocycles. The summed E-state index contributed by atoms with van der Waals surface area (Å²) in [6.45, 7) is 1.78. The second-order valence-corrected chi connectivity index (χ2v) is 6.36. The van der Waals surface area contributed by atoms with Gasteiger partial charge in [-0.2, -0.15) is 10.1 Å². The number of anilines is 1. The van der Waals surface area contributed by atoms with Gasteiger partial charge in [0.15, 0.2) is 0 Å². The molecular weight excluding hydrogens is 334 g/mol. The highest BCUT2D eigenvalue weighted by Gasteiger charge is 2.27. The van der Waals surface area contributed by atoms with Crippen LogP contribution in [0.15, 0.2) is 35.1 Å². The zero-order chi connectivity index (χ0) is 18.1. The minimum absolute atomic E-state index is 0.329. The minimum Gasteiger partial charge on any atom is -0.337 e. The van der Waals surface area contributed by atoms with E-state index in [1.807, 2.05) is 13.1 Å². The fourth-order valence-corrected chi connectivity index (χ4v) is 2.63. The topological polar surface area (TPSA) is 111 Å². The molecule has 2 N–H and O–H groups in total. The summed E-state index contributed by atoms with van der Waals surface area (Å²) in [6, 6.07) is 4.70. The third-order valence-electron chi connectivity index (χ3n) is 4.23. The van der Waals surface area contributed by atoms with Crippen LogP contribution in [0.2, 0.25) is 0 Å². The highest BCUT2D eigenvalue weighted by atomic mass is 16.5. The predicted molar refractivity (Wildman–Crippen MR) is 93.3 cm³/mol. The lowest BCUT2D eigenvalue weighted by molar-refractivity contribution is 0.245. The molecule has 0 spiro atoms. The van der Waals surface area contributed by atoms with Crippen LogP contribution < -0.4 is 10.6 Å². The summed E-state index contributed by atoms with van der Waals surface area (Å²) in [6.07, 6.45) is 5.64. The Bertz CT molecular complexity index is 914. The van der Waals surface area contributed by atoms with Crippen LogP contribution in [0.3, 0.4) is 0 Å². The van der Waals surface area contributed by atoms with Crippen molar-refractivity contribution in [2.45, 2.75) is 31.7 Å². The van der Waals surface area contributed by atoms with E-state index in [2.05, 4.69) is 30.9 Å². The molecule has 26 heavy (non-hydrogen) atoms. The van der Waals surface area contributed by atoms with Crippen LogP contribution >= 0.6 is 0 Å². The summed E-state index contributed by atoms with van der Waals surface area (Å²) in [7, 11) is 1.81. The van der Waals surface area contributed by atoms with Gasteiger partial charge in [-0.15, -0.1) is 0 Å². The Labute approximate surface area is 149 Å². The number of aryl methyl sites for hydroxylation is 1. The van der Waals surface area contributed by atoms with E-state index in [0.717, 1.165) is 24.1 Å². The molecule has 0 saturated heterocycles. The molecule has 134 valence electrons. The molecule has 0 radical (unpaired) electrons. The van der Waals surface area contributed by atoms with Crippen LogP contribution in [0.25, 0.3) is 11.4 Å². The lowest BCUT2D eigenvalue weighted by Gasteiger charge is -2.10. The van der Waals surface area contributed by atoms with E-state index in [0.29, 0.717) is 23.5 Å². The fourth-order valence-electron chi connectivity index (χ4n) is 2.63. The van der Waals surface area contributed by atoms with E-state index in [9.17, 15) is 4.79 Å². The molecule has 4 rings (SSSR count). The van der Waals surface area contributed by atoms with Gasteiger partial charge in [0, 0.05) is 37.0 Å². The van der Waals surface area contributed by atoms with Gasteiger partial charge >= 0.3 is 6.03 Å². The van der Waals surface area contributed by atoms with Gasteiger partial charge < -0.3 is 9.84 Å². The molecule has 0 aliphatic heterocycles. The summed E-state index contributed by atoms with van der Waals surface area (Å²) in [5.41, 5.74) is 1.82. The lowest BCUT2D eigenvalue weighted by atomic mass is 10.2. The van der Waals surface area contributed by atoms with E-state index in [4.69, 9.17) is 4.52 Å². The molecule has 9 heteroatoms. The Hall–Kier alpha value is -3.23. The molecule has 1 aliphatic rings. The van der Waals surface area contributed by atoms with E-state index in [1.165, 1.54) is 0 Å². The molecule has 3 heterocycles. The Morgan fingerprint density at radius 2 is 2.12 bits per heavy atom. The third-order valence-corrected chi connectivity index (χ3v) is 4.23. The average molecular weight is 353 g/mol. The largest absolute Gasteiger partial charge is 0.337 e. The van der Waals surface area contributed by atoms with Gasteiger partial charge in [0.2, 0.25) is 11.7 Å². The molecule has 0 unspecified atom stereocenters. The van der Waals surface area contributed by atoms with Crippen LogP contribution in [0, 0.1) is 0 Å². The highest BCUT2D eigenvalue weighted by molar-refractivity contribution is 5.88. The molecule has 1 aliphatic carbocycles.